The zero-order valence-corrected chi connectivity index (χ0v) is 8.91. The standard InChI is InChI=1S/C13H13FN2/c14-10-3-4-11-12(16-8-9-1-2-9)5-6-15-13(11)7-10/h3-7,9H,1-2,8H2,(H,15,16). The lowest BCUT2D eigenvalue weighted by atomic mass is 10.2. The Kier molecular flexibility index (Phi) is 2.24. The van der Waals surface area contributed by atoms with Crippen LogP contribution in [0.4, 0.5) is 10.1 Å². The summed E-state index contributed by atoms with van der Waals surface area (Å²) in [4.78, 5) is 4.17. The van der Waals surface area contributed by atoms with E-state index in [1.165, 1.54) is 25.0 Å². The van der Waals surface area contributed by atoms with Gasteiger partial charge in [0.05, 0.1) is 5.52 Å². The van der Waals surface area contributed by atoms with Crippen molar-refractivity contribution in [1.29, 1.82) is 0 Å². The second-order valence-electron chi connectivity index (χ2n) is 4.34. The highest BCUT2D eigenvalue weighted by molar-refractivity contribution is 5.90. The van der Waals surface area contributed by atoms with Crippen LogP contribution in [0.2, 0.25) is 0 Å². The number of aromatic nitrogens is 1. The van der Waals surface area contributed by atoms with Crippen molar-refractivity contribution in [2.75, 3.05) is 11.9 Å². The predicted octanol–water partition coefficient (Wildman–Crippen LogP) is 3.20. The van der Waals surface area contributed by atoms with Crippen LogP contribution < -0.4 is 5.32 Å². The highest BCUT2D eigenvalue weighted by Crippen LogP contribution is 2.30. The molecule has 1 saturated carbocycles. The van der Waals surface area contributed by atoms with Crippen LogP contribution in [0.15, 0.2) is 30.5 Å². The van der Waals surface area contributed by atoms with Gasteiger partial charge in [0.25, 0.3) is 0 Å². The Morgan fingerprint density at radius 1 is 1.31 bits per heavy atom. The predicted molar refractivity (Wildman–Crippen MR) is 62.9 cm³/mol. The third-order valence-corrected chi connectivity index (χ3v) is 2.98. The second kappa shape index (κ2) is 3.74. The Morgan fingerprint density at radius 2 is 2.19 bits per heavy atom. The van der Waals surface area contributed by atoms with Gasteiger partial charge in [0, 0.05) is 29.9 Å². The van der Waals surface area contributed by atoms with E-state index >= 15 is 0 Å². The average Bonchev–Trinajstić information content (AvgIpc) is 3.09. The summed E-state index contributed by atoms with van der Waals surface area (Å²) in [6, 6.07) is 6.68. The number of rotatable bonds is 3. The molecule has 3 rings (SSSR count). The molecule has 0 bridgehead atoms. The molecule has 2 nitrogen and oxygen atoms in total. The number of hydrogen-bond acceptors (Lipinski definition) is 2. The van der Waals surface area contributed by atoms with E-state index in [1.54, 1.807) is 12.3 Å². The molecule has 1 fully saturated rings. The van der Waals surface area contributed by atoms with Gasteiger partial charge in [0.2, 0.25) is 0 Å². The first-order valence-electron chi connectivity index (χ1n) is 5.61. The van der Waals surface area contributed by atoms with Crippen molar-refractivity contribution in [2.45, 2.75) is 12.8 Å². The third kappa shape index (κ3) is 1.85. The normalized spacial score (nSPS) is 15.3. The number of fused-ring (bicyclic) bond motifs is 1. The number of benzene rings is 1. The van der Waals surface area contributed by atoms with Crippen LogP contribution in [0, 0.1) is 11.7 Å². The molecule has 16 heavy (non-hydrogen) atoms. The smallest absolute Gasteiger partial charge is 0.125 e. The molecule has 0 aliphatic heterocycles. The van der Waals surface area contributed by atoms with Crippen molar-refractivity contribution in [3.63, 3.8) is 0 Å². The molecule has 1 N–H and O–H groups in total. The maximum atomic E-state index is 13.0. The van der Waals surface area contributed by atoms with E-state index < -0.39 is 0 Å². The molecule has 1 aliphatic rings. The first kappa shape index (κ1) is 9.58. The van der Waals surface area contributed by atoms with E-state index in [1.807, 2.05) is 6.07 Å². The van der Waals surface area contributed by atoms with Gasteiger partial charge in [-0.2, -0.15) is 0 Å². The van der Waals surface area contributed by atoms with Crippen molar-refractivity contribution in [1.82, 2.24) is 4.98 Å². The minimum atomic E-state index is -0.237. The maximum Gasteiger partial charge on any atom is 0.125 e. The minimum Gasteiger partial charge on any atom is -0.384 e. The van der Waals surface area contributed by atoms with Crippen molar-refractivity contribution in [3.05, 3.63) is 36.3 Å². The molecule has 0 radical (unpaired) electrons. The molecule has 0 saturated heterocycles. The van der Waals surface area contributed by atoms with Crippen molar-refractivity contribution in [2.24, 2.45) is 5.92 Å². The summed E-state index contributed by atoms with van der Waals surface area (Å²) in [7, 11) is 0. The first-order chi connectivity index (χ1) is 7.83. The topological polar surface area (TPSA) is 24.9 Å². The summed E-state index contributed by atoms with van der Waals surface area (Å²) in [6.07, 6.45) is 4.37. The van der Waals surface area contributed by atoms with E-state index in [-0.39, 0.29) is 5.82 Å². The molecular formula is C13H13FN2. The van der Waals surface area contributed by atoms with Gasteiger partial charge in [0.15, 0.2) is 0 Å². The van der Waals surface area contributed by atoms with E-state index in [2.05, 4.69) is 10.3 Å². The Labute approximate surface area is 93.5 Å². The highest BCUT2D eigenvalue weighted by atomic mass is 19.1. The van der Waals surface area contributed by atoms with Gasteiger partial charge in [-0.15, -0.1) is 0 Å². The second-order valence-corrected chi connectivity index (χ2v) is 4.34. The summed E-state index contributed by atoms with van der Waals surface area (Å²) < 4.78 is 13.0. The van der Waals surface area contributed by atoms with Gasteiger partial charge < -0.3 is 5.32 Å². The fourth-order valence-corrected chi connectivity index (χ4v) is 1.85. The average molecular weight is 216 g/mol. The molecule has 0 atom stereocenters. The highest BCUT2D eigenvalue weighted by Gasteiger charge is 2.20. The van der Waals surface area contributed by atoms with Crippen LogP contribution in [0.3, 0.4) is 0 Å². The molecule has 3 heteroatoms. The number of pyridine rings is 1. The number of hydrogen-bond donors (Lipinski definition) is 1. The van der Waals surface area contributed by atoms with Gasteiger partial charge >= 0.3 is 0 Å². The zero-order chi connectivity index (χ0) is 11.0. The Bertz CT molecular complexity index is 520. The SMILES string of the molecule is Fc1ccc2c(NCC3CC3)ccnc2c1. The molecule has 0 amide bonds. The Hall–Kier alpha value is -1.64. The molecule has 1 aromatic heterocycles. The largest absolute Gasteiger partial charge is 0.384 e. The lowest BCUT2D eigenvalue weighted by molar-refractivity contribution is 0.629. The monoisotopic (exact) mass is 216 g/mol. The molecule has 82 valence electrons. The van der Waals surface area contributed by atoms with Gasteiger partial charge in [-0.25, -0.2) is 4.39 Å². The lowest BCUT2D eigenvalue weighted by Crippen LogP contribution is -2.03. The fourth-order valence-electron chi connectivity index (χ4n) is 1.85. The van der Waals surface area contributed by atoms with Gasteiger partial charge in [0.1, 0.15) is 5.82 Å². The fraction of sp³-hybridized carbons (Fsp3) is 0.308. The van der Waals surface area contributed by atoms with E-state index in [9.17, 15) is 4.39 Å². The summed E-state index contributed by atoms with van der Waals surface area (Å²) in [6.45, 7) is 1.01. The van der Waals surface area contributed by atoms with Gasteiger partial charge in [-0.05, 0) is 37.0 Å². The Morgan fingerprint density at radius 3 is 3.00 bits per heavy atom. The quantitative estimate of drug-likeness (QED) is 0.852. The lowest BCUT2D eigenvalue weighted by Gasteiger charge is -2.08. The summed E-state index contributed by atoms with van der Waals surface area (Å²) in [5.74, 6) is 0.586. The van der Waals surface area contributed by atoms with Gasteiger partial charge in [-0.1, -0.05) is 0 Å². The van der Waals surface area contributed by atoms with Crippen LogP contribution in [-0.2, 0) is 0 Å². The number of nitrogens with one attached hydrogen (secondary N) is 1. The van der Waals surface area contributed by atoms with Crippen LogP contribution in [0.5, 0.6) is 0 Å². The summed E-state index contributed by atoms with van der Waals surface area (Å²) in [5.41, 5.74) is 1.76. The molecule has 1 aromatic carbocycles. The molecule has 2 aromatic rings. The van der Waals surface area contributed by atoms with E-state index in [4.69, 9.17) is 0 Å². The number of halogens is 1. The van der Waals surface area contributed by atoms with Crippen LogP contribution in [0.1, 0.15) is 12.8 Å². The summed E-state index contributed by atoms with van der Waals surface area (Å²) in [5, 5.41) is 4.40. The maximum absolute atomic E-state index is 13.0. The van der Waals surface area contributed by atoms with Crippen molar-refractivity contribution >= 4 is 16.6 Å². The zero-order valence-electron chi connectivity index (χ0n) is 8.91. The van der Waals surface area contributed by atoms with E-state index in [0.717, 1.165) is 23.5 Å². The molecule has 0 spiro atoms. The number of nitrogens with zero attached hydrogens (tertiary/aromatic N) is 1. The molecule has 0 unspecified atom stereocenters. The van der Waals surface area contributed by atoms with Crippen molar-refractivity contribution in [3.8, 4) is 0 Å². The minimum absolute atomic E-state index is 0.237. The molecule has 1 aliphatic carbocycles. The van der Waals surface area contributed by atoms with Crippen molar-refractivity contribution < 1.29 is 4.39 Å². The van der Waals surface area contributed by atoms with Crippen LogP contribution in [-0.4, -0.2) is 11.5 Å². The molecule has 1 heterocycles. The van der Waals surface area contributed by atoms with Gasteiger partial charge in [-0.3, -0.25) is 4.98 Å². The first-order valence-corrected chi connectivity index (χ1v) is 5.61. The summed E-state index contributed by atoms with van der Waals surface area (Å²) >= 11 is 0. The van der Waals surface area contributed by atoms with E-state index in [0.29, 0.717) is 5.52 Å². The Balaban J connectivity index is 1.95. The van der Waals surface area contributed by atoms with Crippen LogP contribution in [0.25, 0.3) is 10.9 Å². The molecular weight excluding hydrogens is 203 g/mol. The van der Waals surface area contributed by atoms with Crippen LogP contribution >= 0.6 is 0 Å². The third-order valence-electron chi connectivity index (χ3n) is 2.98. The number of anilines is 1.